The summed E-state index contributed by atoms with van der Waals surface area (Å²) in [7, 11) is -5.02. The van der Waals surface area contributed by atoms with Gasteiger partial charge in [-0.3, -0.25) is 14.2 Å². The lowest BCUT2D eigenvalue weighted by molar-refractivity contribution is -0.148. The lowest BCUT2D eigenvalue weighted by atomic mass is 9.97. The molecular formula is C8H16NO7P. The number of nitrogens with two attached hydrogens (primary N) is 1. The smallest absolute Gasteiger partial charge is 0.340 e. The quantitative estimate of drug-likeness (QED) is 0.385. The predicted molar refractivity (Wildman–Crippen MR) is 57.5 cm³/mol. The third-order valence-electron chi connectivity index (χ3n) is 2.25. The highest BCUT2D eigenvalue weighted by Crippen LogP contribution is 2.46. The van der Waals surface area contributed by atoms with Gasteiger partial charge < -0.3 is 25.7 Å². The molecule has 17 heavy (non-hydrogen) atoms. The molecule has 0 aliphatic heterocycles. The van der Waals surface area contributed by atoms with Crippen molar-refractivity contribution in [2.45, 2.75) is 31.5 Å². The van der Waals surface area contributed by atoms with Gasteiger partial charge in [0.25, 0.3) is 0 Å². The van der Waals surface area contributed by atoms with Crippen LogP contribution in [0.25, 0.3) is 0 Å². The van der Waals surface area contributed by atoms with Crippen molar-refractivity contribution in [3.8, 4) is 0 Å². The maximum Gasteiger partial charge on any atom is 0.340 e. The first-order valence-electron chi connectivity index (χ1n) is 4.83. The zero-order valence-electron chi connectivity index (χ0n) is 9.18. The first-order chi connectivity index (χ1) is 7.57. The SMILES string of the molecule is CC(N)CCC(C(=O)O)C(C(=O)O)P(=O)(O)O. The minimum absolute atomic E-state index is 0.167. The molecule has 0 aromatic carbocycles. The van der Waals surface area contributed by atoms with Crippen LogP contribution in [-0.2, 0) is 14.2 Å². The van der Waals surface area contributed by atoms with Crippen LogP contribution in [0.3, 0.4) is 0 Å². The molecule has 0 heterocycles. The Hall–Kier alpha value is -0.950. The van der Waals surface area contributed by atoms with Gasteiger partial charge >= 0.3 is 19.5 Å². The largest absolute Gasteiger partial charge is 0.481 e. The molecule has 6 N–H and O–H groups in total. The Labute approximate surface area is 97.6 Å². The van der Waals surface area contributed by atoms with Crippen LogP contribution in [0.2, 0.25) is 0 Å². The van der Waals surface area contributed by atoms with E-state index in [2.05, 4.69) is 0 Å². The van der Waals surface area contributed by atoms with Crippen LogP contribution in [-0.4, -0.2) is 43.6 Å². The molecule has 3 atom stereocenters. The summed E-state index contributed by atoms with van der Waals surface area (Å²) in [5, 5.41) is 17.5. The van der Waals surface area contributed by atoms with Gasteiger partial charge in [-0.2, -0.15) is 0 Å². The van der Waals surface area contributed by atoms with Gasteiger partial charge in [-0.15, -0.1) is 0 Å². The number of carboxylic acids is 2. The molecule has 0 spiro atoms. The Morgan fingerprint density at radius 1 is 1.18 bits per heavy atom. The van der Waals surface area contributed by atoms with E-state index < -0.39 is 31.1 Å². The topological polar surface area (TPSA) is 158 Å². The fourth-order valence-electron chi connectivity index (χ4n) is 1.41. The number of hydrogen-bond acceptors (Lipinski definition) is 4. The third kappa shape index (κ3) is 5.27. The second-order valence-corrected chi connectivity index (χ2v) is 5.61. The minimum atomic E-state index is -5.02. The fourth-order valence-corrected chi connectivity index (χ4v) is 2.44. The van der Waals surface area contributed by atoms with Crippen LogP contribution in [0.5, 0.6) is 0 Å². The van der Waals surface area contributed by atoms with Crippen molar-refractivity contribution in [3.05, 3.63) is 0 Å². The second kappa shape index (κ2) is 6.11. The van der Waals surface area contributed by atoms with E-state index in [1.165, 1.54) is 0 Å². The fraction of sp³-hybridized carbons (Fsp3) is 0.750. The van der Waals surface area contributed by atoms with E-state index in [4.69, 9.17) is 25.7 Å². The highest BCUT2D eigenvalue weighted by Gasteiger charge is 2.45. The predicted octanol–water partition coefficient (Wildman–Crippen LogP) is -0.554. The molecule has 0 amide bonds. The van der Waals surface area contributed by atoms with Crippen molar-refractivity contribution in [2.24, 2.45) is 11.7 Å². The van der Waals surface area contributed by atoms with E-state index in [9.17, 15) is 14.2 Å². The van der Waals surface area contributed by atoms with Gasteiger partial charge in [-0.1, -0.05) is 0 Å². The lowest BCUT2D eigenvalue weighted by Crippen LogP contribution is -2.35. The zero-order valence-corrected chi connectivity index (χ0v) is 10.1. The summed E-state index contributed by atoms with van der Waals surface area (Å²) >= 11 is 0. The summed E-state index contributed by atoms with van der Waals surface area (Å²) in [4.78, 5) is 39.3. The summed E-state index contributed by atoms with van der Waals surface area (Å²) < 4.78 is 11.0. The first-order valence-corrected chi connectivity index (χ1v) is 6.52. The van der Waals surface area contributed by atoms with Crippen molar-refractivity contribution in [1.29, 1.82) is 0 Å². The molecule has 9 heteroatoms. The van der Waals surface area contributed by atoms with E-state index in [1.54, 1.807) is 6.92 Å². The third-order valence-corrected chi connectivity index (χ3v) is 3.55. The Bertz CT molecular complexity index is 337. The Kier molecular flexibility index (Phi) is 5.77. The van der Waals surface area contributed by atoms with Gasteiger partial charge in [0.15, 0.2) is 5.66 Å². The van der Waals surface area contributed by atoms with Crippen molar-refractivity contribution in [1.82, 2.24) is 0 Å². The molecule has 100 valence electrons. The van der Waals surface area contributed by atoms with Crippen molar-refractivity contribution in [2.75, 3.05) is 0 Å². The molecule has 0 aromatic heterocycles. The van der Waals surface area contributed by atoms with Crippen LogP contribution in [0, 0.1) is 5.92 Å². The molecular weight excluding hydrogens is 253 g/mol. The molecule has 8 nitrogen and oxygen atoms in total. The summed E-state index contributed by atoms with van der Waals surface area (Å²) in [6, 6.07) is -0.372. The van der Waals surface area contributed by atoms with Gasteiger partial charge in [-0.25, -0.2) is 0 Å². The maximum atomic E-state index is 11.0. The minimum Gasteiger partial charge on any atom is -0.481 e. The van der Waals surface area contributed by atoms with E-state index in [0.29, 0.717) is 0 Å². The van der Waals surface area contributed by atoms with Gasteiger partial charge in [0, 0.05) is 6.04 Å². The molecule has 0 aliphatic carbocycles. The molecule has 0 saturated carbocycles. The van der Waals surface area contributed by atoms with E-state index in [0.717, 1.165) is 0 Å². The average Bonchev–Trinajstić information content (AvgIpc) is 2.07. The molecule has 0 bridgehead atoms. The molecule has 0 aliphatic rings. The molecule has 0 radical (unpaired) electrons. The number of hydrogen-bond donors (Lipinski definition) is 5. The van der Waals surface area contributed by atoms with Gasteiger partial charge in [-0.05, 0) is 19.8 Å². The number of carboxylic acid groups (broad SMARTS) is 2. The van der Waals surface area contributed by atoms with Crippen LogP contribution >= 0.6 is 7.60 Å². The maximum absolute atomic E-state index is 11.0. The molecule has 3 unspecified atom stereocenters. The molecule has 0 rings (SSSR count). The Morgan fingerprint density at radius 3 is 1.88 bits per heavy atom. The van der Waals surface area contributed by atoms with Crippen LogP contribution in [0.15, 0.2) is 0 Å². The normalized spacial score (nSPS) is 17.2. The number of rotatable bonds is 7. The highest BCUT2D eigenvalue weighted by molar-refractivity contribution is 7.53. The highest BCUT2D eigenvalue weighted by atomic mass is 31.2. The Balaban J connectivity index is 5.06. The van der Waals surface area contributed by atoms with E-state index in [-0.39, 0.29) is 18.9 Å². The molecule has 0 fully saturated rings. The summed E-state index contributed by atoms with van der Waals surface area (Å²) in [6.45, 7) is 1.59. The number of aliphatic carboxylic acids is 2. The van der Waals surface area contributed by atoms with Gasteiger partial charge in [0.1, 0.15) is 0 Å². The zero-order chi connectivity index (χ0) is 13.8. The Morgan fingerprint density at radius 2 is 1.65 bits per heavy atom. The monoisotopic (exact) mass is 269 g/mol. The second-order valence-electron chi connectivity index (χ2n) is 3.87. The molecule has 0 saturated heterocycles. The first kappa shape index (κ1) is 16.1. The van der Waals surface area contributed by atoms with Gasteiger partial charge in [0.2, 0.25) is 0 Å². The number of carbonyl (C=O) groups is 2. The van der Waals surface area contributed by atoms with Crippen molar-refractivity contribution in [3.63, 3.8) is 0 Å². The molecule has 0 aromatic rings. The summed E-state index contributed by atoms with van der Waals surface area (Å²) in [6.07, 6.45) is -0.0319. The van der Waals surface area contributed by atoms with Gasteiger partial charge in [0.05, 0.1) is 5.92 Å². The van der Waals surface area contributed by atoms with Crippen LogP contribution < -0.4 is 5.73 Å². The van der Waals surface area contributed by atoms with Crippen molar-refractivity contribution >= 4 is 19.5 Å². The lowest BCUT2D eigenvalue weighted by Gasteiger charge is -2.21. The van der Waals surface area contributed by atoms with Crippen LogP contribution in [0.4, 0.5) is 0 Å². The van der Waals surface area contributed by atoms with E-state index in [1.807, 2.05) is 0 Å². The van der Waals surface area contributed by atoms with Crippen molar-refractivity contribution < 1.29 is 34.2 Å². The standard InChI is InChI=1S/C8H16NO7P/c1-4(9)2-3-5(7(10)11)6(8(12)13)17(14,15)16/h4-6H,2-3,9H2,1H3,(H,10,11)(H,12,13)(H2,14,15,16). The van der Waals surface area contributed by atoms with Crippen LogP contribution in [0.1, 0.15) is 19.8 Å². The average molecular weight is 269 g/mol. The van der Waals surface area contributed by atoms with E-state index >= 15 is 0 Å². The summed E-state index contributed by atoms with van der Waals surface area (Å²) in [5.41, 5.74) is 3.15. The summed E-state index contributed by atoms with van der Waals surface area (Å²) in [5.74, 6) is -5.03.